The summed E-state index contributed by atoms with van der Waals surface area (Å²) in [6.45, 7) is 9.54. The normalized spacial score (nSPS) is 16.2. The monoisotopic (exact) mass is 452 g/mol. The van der Waals surface area contributed by atoms with Gasteiger partial charge in [0.15, 0.2) is 5.96 Å². The molecular weight excluding hydrogens is 425 g/mol. The van der Waals surface area contributed by atoms with Crippen molar-refractivity contribution in [1.82, 2.24) is 15.1 Å². The molecular formula is C17H27F2IN4. The van der Waals surface area contributed by atoms with Crippen molar-refractivity contribution in [1.29, 1.82) is 0 Å². The number of nitrogens with one attached hydrogen (secondary N) is 1. The molecule has 0 atom stereocenters. The third-order valence-electron chi connectivity index (χ3n) is 3.95. The molecule has 1 aromatic carbocycles. The number of nitrogens with zero attached hydrogens (tertiary/aromatic N) is 3. The summed E-state index contributed by atoms with van der Waals surface area (Å²) in [6.07, 6.45) is 0. The molecule has 24 heavy (non-hydrogen) atoms. The van der Waals surface area contributed by atoms with Gasteiger partial charge in [0.2, 0.25) is 0 Å². The fourth-order valence-electron chi connectivity index (χ4n) is 2.84. The molecule has 0 spiro atoms. The molecule has 1 aromatic rings. The molecule has 0 radical (unpaired) electrons. The van der Waals surface area contributed by atoms with Crippen molar-refractivity contribution in [3.63, 3.8) is 0 Å². The predicted molar refractivity (Wildman–Crippen MR) is 105 cm³/mol. The zero-order valence-corrected chi connectivity index (χ0v) is 16.9. The van der Waals surface area contributed by atoms with E-state index in [2.05, 4.69) is 34.0 Å². The molecule has 1 N–H and O–H groups in total. The third-order valence-corrected chi connectivity index (χ3v) is 3.95. The molecule has 1 heterocycles. The second-order valence-corrected chi connectivity index (χ2v) is 6.32. The molecule has 0 aliphatic carbocycles. The second-order valence-electron chi connectivity index (χ2n) is 6.32. The average Bonchev–Trinajstić information content (AvgIpc) is 2.52. The van der Waals surface area contributed by atoms with Crippen LogP contribution in [0.5, 0.6) is 0 Å². The van der Waals surface area contributed by atoms with Crippen molar-refractivity contribution in [3.05, 3.63) is 35.4 Å². The predicted octanol–water partition coefficient (Wildman–Crippen LogP) is 2.93. The van der Waals surface area contributed by atoms with Crippen molar-refractivity contribution in [2.75, 3.05) is 39.8 Å². The number of hydrogen-bond acceptors (Lipinski definition) is 2. The topological polar surface area (TPSA) is 30.9 Å². The lowest BCUT2D eigenvalue weighted by molar-refractivity contribution is 0.164. The first-order valence-corrected chi connectivity index (χ1v) is 8.11. The number of halogens is 3. The molecule has 0 bridgehead atoms. The van der Waals surface area contributed by atoms with Crippen LogP contribution in [-0.4, -0.2) is 55.5 Å². The van der Waals surface area contributed by atoms with Crippen LogP contribution >= 0.6 is 24.0 Å². The van der Waals surface area contributed by atoms with Gasteiger partial charge in [-0.2, -0.15) is 0 Å². The molecule has 1 saturated heterocycles. The minimum atomic E-state index is -0.430. The number of rotatable bonds is 4. The number of piperazine rings is 1. The highest BCUT2D eigenvalue weighted by Gasteiger charge is 2.20. The summed E-state index contributed by atoms with van der Waals surface area (Å²) in [7, 11) is 1.71. The Morgan fingerprint density at radius 2 is 1.88 bits per heavy atom. The van der Waals surface area contributed by atoms with Gasteiger partial charge in [0.1, 0.15) is 11.6 Å². The highest BCUT2D eigenvalue weighted by molar-refractivity contribution is 14.0. The summed E-state index contributed by atoms with van der Waals surface area (Å²) in [6, 6.07) is 3.50. The molecule has 2 rings (SSSR count). The maximum atomic E-state index is 13.7. The number of guanidine groups is 1. The van der Waals surface area contributed by atoms with E-state index < -0.39 is 11.6 Å². The zero-order chi connectivity index (χ0) is 16.8. The standard InChI is InChI=1S/C17H26F2N4.HI/c1-13(2)12-22-6-8-23(9-7-22)17(20-3)21-11-14-10-15(18)4-5-16(14)19;/h4-5,10,13H,6-9,11-12H2,1-3H3,(H,20,21);1H. The summed E-state index contributed by atoms with van der Waals surface area (Å²) in [5.41, 5.74) is 0.310. The Morgan fingerprint density at radius 3 is 2.46 bits per heavy atom. The van der Waals surface area contributed by atoms with Crippen molar-refractivity contribution >= 4 is 29.9 Å². The van der Waals surface area contributed by atoms with E-state index in [1.54, 1.807) is 7.05 Å². The van der Waals surface area contributed by atoms with Gasteiger partial charge >= 0.3 is 0 Å². The Labute approximate surface area is 160 Å². The van der Waals surface area contributed by atoms with E-state index in [4.69, 9.17) is 0 Å². The Bertz CT molecular complexity index is 543. The second kappa shape index (κ2) is 10.1. The van der Waals surface area contributed by atoms with E-state index in [0.717, 1.165) is 50.8 Å². The molecule has 1 aliphatic heterocycles. The molecule has 0 unspecified atom stereocenters. The number of aliphatic imine (C=N–C) groups is 1. The van der Waals surface area contributed by atoms with Crippen molar-refractivity contribution < 1.29 is 8.78 Å². The van der Waals surface area contributed by atoms with Crippen LogP contribution in [0.4, 0.5) is 8.78 Å². The SMILES string of the molecule is CN=C(NCc1cc(F)ccc1F)N1CCN(CC(C)C)CC1.I. The van der Waals surface area contributed by atoms with Crippen LogP contribution in [0.2, 0.25) is 0 Å². The van der Waals surface area contributed by atoms with E-state index in [1.165, 1.54) is 6.07 Å². The van der Waals surface area contributed by atoms with Crippen molar-refractivity contribution in [2.45, 2.75) is 20.4 Å². The molecule has 0 saturated carbocycles. The lowest BCUT2D eigenvalue weighted by atomic mass is 10.2. The maximum Gasteiger partial charge on any atom is 0.194 e. The Balaban J connectivity index is 0.00000288. The van der Waals surface area contributed by atoms with E-state index in [1.807, 2.05) is 0 Å². The highest BCUT2D eigenvalue weighted by atomic mass is 127. The Hall–Kier alpha value is -0.960. The molecule has 136 valence electrons. The van der Waals surface area contributed by atoms with Crippen LogP contribution in [0, 0.1) is 17.6 Å². The van der Waals surface area contributed by atoms with Crippen LogP contribution < -0.4 is 5.32 Å². The van der Waals surface area contributed by atoms with E-state index in [9.17, 15) is 8.78 Å². The van der Waals surface area contributed by atoms with Crippen LogP contribution in [0.3, 0.4) is 0 Å². The third kappa shape index (κ3) is 6.16. The number of hydrogen-bond donors (Lipinski definition) is 1. The lowest BCUT2D eigenvalue weighted by Gasteiger charge is -2.37. The molecule has 0 aromatic heterocycles. The molecule has 4 nitrogen and oxygen atoms in total. The molecule has 7 heteroatoms. The van der Waals surface area contributed by atoms with Gasteiger partial charge in [-0.25, -0.2) is 8.78 Å². The van der Waals surface area contributed by atoms with Crippen molar-refractivity contribution in [2.24, 2.45) is 10.9 Å². The fourth-order valence-corrected chi connectivity index (χ4v) is 2.84. The van der Waals surface area contributed by atoms with Gasteiger partial charge in [0.05, 0.1) is 0 Å². The van der Waals surface area contributed by atoms with Gasteiger partial charge in [-0.3, -0.25) is 9.89 Å². The van der Waals surface area contributed by atoms with Gasteiger partial charge in [-0.1, -0.05) is 13.8 Å². The lowest BCUT2D eigenvalue weighted by Crippen LogP contribution is -2.52. The summed E-state index contributed by atoms with van der Waals surface area (Å²) in [4.78, 5) is 8.87. The summed E-state index contributed by atoms with van der Waals surface area (Å²) >= 11 is 0. The van der Waals surface area contributed by atoms with Crippen LogP contribution in [0.1, 0.15) is 19.4 Å². The zero-order valence-electron chi connectivity index (χ0n) is 14.6. The van der Waals surface area contributed by atoms with E-state index in [0.29, 0.717) is 11.5 Å². The molecule has 0 amide bonds. The van der Waals surface area contributed by atoms with Gasteiger partial charge < -0.3 is 10.2 Å². The van der Waals surface area contributed by atoms with Crippen LogP contribution in [0.15, 0.2) is 23.2 Å². The highest BCUT2D eigenvalue weighted by Crippen LogP contribution is 2.10. The first kappa shape index (κ1) is 21.1. The Morgan fingerprint density at radius 1 is 1.21 bits per heavy atom. The van der Waals surface area contributed by atoms with E-state index in [-0.39, 0.29) is 30.5 Å². The first-order chi connectivity index (χ1) is 11.0. The fraction of sp³-hybridized carbons (Fsp3) is 0.588. The smallest absolute Gasteiger partial charge is 0.194 e. The first-order valence-electron chi connectivity index (χ1n) is 8.11. The van der Waals surface area contributed by atoms with Gasteiger partial charge in [-0.15, -0.1) is 24.0 Å². The summed E-state index contributed by atoms with van der Waals surface area (Å²) < 4.78 is 26.9. The largest absolute Gasteiger partial charge is 0.352 e. The molecule has 1 aliphatic rings. The number of benzene rings is 1. The minimum Gasteiger partial charge on any atom is -0.352 e. The van der Waals surface area contributed by atoms with Crippen LogP contribution in [0.25, 0.3) is 0 Å². The van der Waals surface area contributed by atoms with E-state index >= 15 is 0 Å². The molecule has 1 fully saturated rings. The summed E-state index contributed by atoms with van der Waals surface area (Å²) in [5, 5.41) is 3.13. The van der Waals surface area contributed by atoms with Crippen molar-refractivity contribution in [3.8, 4) is 0 Å². The van der Waals surface area contributed by atoms with Gasteiger partial charge in [0, 0.05) is 51.9 Å². The minimum absolute atomic E-state index is 0. The maximum absolute atomic E-state index is 13.7. The van der Waals surface area contributed by atoms with Crippen LogP contribution in [-0.2, 0) is 6.54 Å². The van der Waals surface area contributed by atoms with Gasteiger partial charge in [-0.05, 0) is 24.1 Å². The average molecular weight is 452 g/mol. The summed E-state index contributed by atoms with van der Waals surface area (Å²) in [5.74, 6) is 0.560. The Kier molecular flexibility index (Phi) is 8.90. The van der Waals surface area contributed by atoms with Gasteiger partial charge in [0.25, 0.3) is 0 Å². The quantitative estimate of drug-likeness (QED) is 0.433.